The molecule has 5 rings (SSSR count). The Bertz CT molecular complexity index is 1390. The Hall–Kier alpha value is -3.64. The smallest absolute Gasteiger partial charge is 0.437 e. The Labute approximate surface area is 187 Å². The molecule has 1 aliphatic rings. The van der Waals surface area contributed by atoms with Gasteiger partial charge in [0.1, 0.15) is 12.1 Å². The molecule has 3 heterocycles. The molecule has 0 bridgehead atoms. The Balaban J connectivity index is 1.58. The summed E-state index contributed by atoms with van der Waals surface area (Å²) in [5, 5.41) is 4.18. The second-order valence-corrected chi connectivity index (χ2v) is 8.29. The minimum Gasteiger partial charge on any atom is -0.437 e. The van der Waals surface area contributed by atoms with Gasteiger partial charge in [-0.1, -0.05) is 35.7 Å². The van der Waals surface area contributed by atoms with E-state index in [9.17, 15) is 4.79 Å². The fourth-order valence-corrected chi connectivity index (χ4v) is 3.87. The molecule has 162 valence electrons. The summed E-state index contributed by atoms with van der Waals surface area (Å²) < 4.78 is 12.3. The number of benzene rings is 1. The lowest BCUT2D eigenvalue weighted by Gasteiger charge is -2.21. The van der Waals surface area contributed by atoms with E-state index in [0.717, 1.165) is 18.8 Å². The number of aromatic amines is 1. The average Bonchev–Trinajstić information content (AvgIpc) is 3.40. The van der Waals surface area contributed by atoms with Crippen LogP contribution in [0.15, 0.2) is 39.9 Å². The van der Waals surface area contributed by atoms with Gasteiger partial charge in [-0.05, 0) is 49.8 Å². The number of aromatic nitrogens is 6. The van der Waals surface area contributed by atoms with Crippen molar-refractivity contribution in [3.05, 3.63) is 46.2 Å². The van der Waals surface area contributed by atoms with Crippen LogP contribution >= 0.6 is 11.6 Å². The van der Waals surface area contributed by atoms with E-state index in [4.69, 9.17) is 16.3 Å². The Morgan fingerprint density at radius 2 is 2.09 bits per heavy atom. The molecule has 1 aromatic carbocycles. The lowest BCUT2D eigenvalue weighted by atomic mass is 9.83. The van der Waals surface area contributed by atoms with Crippen LogP contribution in [-0.2, 0) is 0 Å². The second kappa shape index (κ2) is 8.48. The maximum absolute atomic E-state index is 11.4. The van der Waals surface area contributed by atoms with Crippen LogP contribution in [0.2, 0.25) is 5.02 Å². The molecule has 0 radical (unpaired) electrons. The summed E-state index contributed by atoms with van der Waals surface area (Å²) in [6, 6.07) is 10.1. The van der Waals surface area contributed by atoms with Crippen LogP contribution in [0.25, 0.3) is 22.8 Å². The number of nitrogens with one attached hydrogen (secondary N) is 1. The van der Waals surface area contributed by atoms with Gasteiger partial charge in [-0.2, -0.15) is 4.98 Å². The quantitative estimate of drug-likeness (QED) is 0.464. The van der Waals surface area contributed by atoms with Gasteiger partial charge in [0.25, 0.3) is 5.88 Å². The fourth-order valence-electron chi connectivity index (χ4n) is 3.69. The van der Waals surface area contributed by atoms with Crippen molar-refractivity contribution in [3.8, 4) is 35.2 Å². The third kappa shape index (κ3) is 4.22. The first-order valence-corrected chi connectivity index (χ1v) is 10.7. The Morgan fingerprint density at radius 1 is 1.25 bits per heavy atom. The minimum absolute atomic E-state index is 0.0739. The zero-order valence-corrected chi connectivity index (χ0v) is 18.0. The van der Waals surface area contributed by atoms with Crippen LogP contribution in [0.1, 0.15) is 32.6 Å². The Kier molecular flexibility index (Phi) is 5.37. The molecule has 0 saturated heterocycles. The molecule has 0 spiro atoms. The van der Waals surface area contributed by atoms with Crippen molar-refractivity contribution in [2.75, 3.05) is 0 Å². The number of rotatable bonds is 3. The first kappa shape index (κ1) is 20.3. The van der Waals surface area contributed by atoms with Gasteiger partial charge in [-0.15, -0.1) is 0 Å². The van der Waals surface area contributed by atoms with Crippen molar-refractivity contribution in [2.24, 2.45) is 11.8 Å². The maximum Gasteiger partial charge on any atom is 0.439 e. The van der Waals surface area contributed by atoms with E-state index in [-0.39, 0.29) is 17.5 Å². The molecule has 3 aromatic heterocycles. The fraction of sp³-hybridized carbons (Fsp3) is 0.318. The highest BCUT2D eigenvalue weighted by Crippen LogP contribution is 2.30. The monoisotopic (exact) mass is 450 g/mol. The summed E-state index contributed by atoms with van der Waals surface area (Å²) in [4.78, 5) is 27.0. The lowest BCUT2D eigenvalue weighted by molar-refractivity contribution is 0.337. The SMILES string of the molecule is CC1CCC(C#Cn2cnc3nc(-c4noc(=O)[nH]4)nc(Oc4cccc(Cl)c4)c32)CC1. The molecule has 0 unspecified atom stereocenters. The van der Waals surface area contributed by atoms with E-state index < -0.39 is 5.76 Å². The average molecular weight is 451 g/mol. The van der Waals surface area contributed by atoms with Crippen molar-refractivity contribution >= 4 is 22.8 Å². The highest BCUT2D eigenvalue weighted by molar-refractivity contribution is 6.30. The van der Waals surface area contributed by atoms with Crippen molar-refractivity contribution in [1.29, 1.82) is 0 Å². The zero-order chi connectivity index (χ0) is 22.1. The van der Waals surface area contributed by atoms with Gasteiger partial charge < -0.3 is 4.74 Å². The molecule has 10 heteroatoms. The van der Waals surface area contributed by atoms with Gasteiger partial charge in [0.15, 0.2) is 11.2 Å². The summed E-state index contributed by atoms with van der Waals surface area (Å²) in [7, 11) is 0. The number of ether oxygens (including phenoxy) is 1. The second-order valence-electron chi connectivity index (χ2n) is 7.86. The van der Waals surface area contributed by atoms with Gasteiger partial charge in [-0.3, -0.25) is 14.1 Å². The van der Waals surface area contributed by atoms with Crippen LogP contribution in [-0.4, -0.2) is 29.7 Å². The molecule has 9 nitrogen and oxygen atoms in total. The number of halogens is 1. The van der Waals surface area contributed by atoms with E-state index in [1.54, 1.807) is 35.2 Å². The van der Waals surface area contributed by atoms with E-state index in [1.807, 2.05) is 0 Å². The molecule has 1 N–H and O–H groups in total. The van der Waals surface area contributed by atoms with Crippen LogP contribution in [0, 0.1) is 23.8 Å². The number of fused-ring (bicyclic) bond motifs is 1. The molecular weight excluding hydrogens is 432 g/mol. The van der Waals surface area contributed by atoms with Gasteiger partial charge in [0.05, 0.1) is 0 Å². The van der Waals surface area contributed by atoms with Crippen molar-refractivity contribution < 1.29 is 9.26 Å². The number of imidazole rings is 1. The summed E-state index contributed by atoms with van der Waals surface area (Å²) in [5.41, 5.74) is 0.860. The first-order chi connectivity index (χ1) is 15.5. The van der Waals surface area contributed by atoms with Gasteiger partial charge >= 0.3 is 5.76 Å². The van der Waals surface area contributed by atoms with Gasteiger partial charge in [0, 0.05) is 17.0 Å². The van der Waals surface area contributed by atoms with Crippen LogP contribution in [0.3, 0.4) is 0 Å². The third-order valence-corrected chi connectivity index (χ3v) is 5.67. The van der Waals surface area contributed by atoms with E-state index in [0.29, 0.717) is 27.9 Å². The largest absolute Gasteiger partial charge is 0.439 e. The number of hydrogen-bond donors (Lipinski definition) is 1. The van der Waals surface area contributed by atoms with Crippen molar-refractivity contribution in [2.45, 2.75) is 32.6 Å². The summed E-state index contributed by atoms with van der Waals surface area (Å²) in [6.07, 6.45) is 6.14. The molecule has 4 aromatic rings. The van der Waals surface area contributed by atoms with Gasteiger partial charge in [0.2, 0.25) is 11.6 Å². The van der Waals surface area contributed by atoms with E-state index in [1.165, 1.54) is 12.8 Å². The van der Waals surface area contributed by atoms with Crippen molar-refractivity contribution in [3.63, 3.8) is 0 Å². The molecule has 1 aliphatic carbocycles. The minimum atomic E-state index is -0.709. The predicted molar refractivity (Wildman–Crippen MR) is 117 cm³/mol. The van der Waals surface area contributed by atoms with Crippen molar-refractivity contribution in [1.82, 2.24) is 29.7 Å². The Morgan fingerprint density at radius 3 is 2.84 bits per heavy atom. The number of hydrogen-bond acceptors (Lipinski definition) is 7. The highest BCUT2D eigenvalue weighted by Gasteiger charge is 2.20. The summed E-state index contributed by atoms with van der Waals surface area (Å²) >= 11 is 6.10. The molecular formula is C22H19ClN6O3. The van der Waals surface area contributed by atoms with Crippen LogP contribution in [0.4, 0.5) is 0 Å². The number of nitrogens with zero attached hydrogens (tertiary/aromatic N) is 5. The predicted octanol–water partition coefficient (Wildman–Crippen LogP) is 4.25. The van der Waals surface area contributed by atoms with E-state index in [2.05, 4.69) is 48.5 Å². The highest BCUT2D eigenvalue weighted by atomic mass is 35.5. The van der Waals surface area contributed by atoms with Crippen LogP contribution < -0.4 is 10.5 Å². The summed E-state index contributed by atoms with van der Waals surface area (Å²) in [6.45, 7) is 2.28. The zero-order valence-electron chi connectivity index (χ0n) is 17.2. The molecule has 32 heavy (non-hydrogen) atoms. The molecule has 0 aliphatic heterocycles. The first-order valence-electron chi connectivity index (χ1n) is 10.3. The maximum atomic E-state index is 11.4. The molecule has 1 fully saturated rings. The molecule has 0 amide bonds. The van der Waals surface area contributed by atoms with Crippen LogP contribution in [0.5, 0.6) is 11.6 Å². The normalized spacial score (nSPS) is 18.3. The number of H-pyrrole nitrogens is 1. The third-order valence-electron chi connectivity index (χ3n) is 5.44. The van der Waals surface area contributed by atoms with Gasteiger partial charge in [-0.25, -0.2) is 14.8 Å². The standard InChI is InChI=1S/C22H19ClN6O3/c1-13-5-7-14(8-6-13)9-10-29-12-24-18-17(29)21(31-16-4-2-3-15(23)11-16)26-19(25-18)20-27-22(30)32-28-20/h2-4,11-14H,5-8H2,1H3,(H,27,28,30). The lowest BCUT2D eigenvalue weighted by Crippen LogP contribution is -2.10. The molecule has 1 saturated carbocycles. The topological polar surface area (TPSA) is 112 Å². The summed E-state index contributed by atoms with van der Waals surface area (Å²) in [5.74, 6) is 4.63. The molecule has 0 atom stereocenters. The van der Waals surface area contributed by atoms with E-state index >= 15 is 0 Å².